The quantitative estimate of drug-likeness (QED) is 0.759. The first-order valence-electron chi connectivity index (χ1n) is 9.32. The van der Waals surface area contributed by atoms with Crippen molar-refractivity contribution in [1.82, 2.24) is 19.7 Å². The van der Waals surface area contributed by atoms with Crippen molar-refractivity contribution in [3.63, 3.8) is 0 Å². The molecule has 1 fully saturated rings. The van der Waals surface area contributed by atoms with E-state index in [-0.39, 0.29) is 23.3 Å². The van der Waals surface area contributed by atoms with Crippen molar-refractivity contribution in [3.8, 4) is 5.69 Å². The molecule has 1 aliphatic rings. The molecule has 1 aliphatic heterocycles. The molecule has 1 aromatic heterocycles. The molecule has 2 heterocycles. The van der Waals surface area contributed by atoms with Crippen molar-refractivity contribution < 1.29 is 9.18 Å². The molecule has 0 atom stereocenters. The van der Waals surface area contributed by atoms with E-state index in [2.05, 4.69) is 10.1 Å². The second-order valence-electron chi connectivity index (χ2n) is 7.14. The third kappa shape index (κ3) is 3.60. The van der Waals surface area contributed by atoms with E-state index >= 15 is 0 Å². The van der Waals surface area contributed by atoms with Gasteiger partial charge in [0.15, 0.2) is 0 Å². The molecular formula is C21H21FN4O2. The third-order valence-corrected chi connectivity index (χ3v) is 5.17. The minimum Gasteiger partial charge on any atom is -0.339 e. The number of aromatic amines is 1. The first-order chi connectivity index (χ1) is 13.5. The van der Waals surface area contributed by atoms with E-state index in [1.54, 1.807) is 0 Å². The minimum atomic E-state index is -0.363. The van der Waals surface area contributed by atoms with Crippen LogP contribution in [0.2, 0.25) is 0 Å². The van der Waals surface area contributed by atoms with Crippen molar-refractivity contribution in [2.45, 2.75) is 25.7 Å². The molecule has 6 nitrogen and oxygen atoms in total. The SMILES string of the molecule is Cc1ccc(C(=O)N2CCC(c3nn(-c4ccc(F)cc4)c(=O)[nH]3)CC2)cc1. The summed E-state index contributed by atoms with van der Waals surface area (Å²) in [6.07, 6.45) is 1.46. The van der Waals surface area contributed by atoms with Gasteiger partial charge in [0.25, 0.3) is 5.91 Å². The molecule has 0 aliphatic carbocycles. The van der Waals surface area contributed by atoms with E-state index in [0.717, 1.165) is 18.4 Å². The molecule has 4 rings (SSSR count). The van der Waals surface area contributed by atoms with Crippen LogP contribution in [-0.2, 0) is 0 Å². The van der Waals surface area contributed by atoms with E-state index in [9.17, 15) is 14.0 Å². The fourth-order valence-electron chi connectivity index (χ4n) is 3.52. The first-order valence-corrected chi connectivity index (χ1v) is 9.32. The number of H-pyrrole nitrogens is 1. The molecule has 0 saturated carbocycles. The minimum absolute atomic E-state index is 0.0313. The van der Waals surface area contributed by atoms with E-state index in [1.165, 1.54) is 28.9 Å². The number of piperidine rings is 1. The molecule has 7 heteroatoms. The number of hydrogen-bond donors (Lipinski definition) is 1. The molecule has 1 amide bonds. The lowest BCUT2D eigenvalue weighted by Gasteiger charge is -2.31. The van der Waals surface area contributed by atoms with E-state index < -0.39 is 0 Å². The molecule has 0 spiro atoms. The van der Waals surface area contributed by atoms with E-state index in [4.69, 9.17) is 0 Å². The Kier molecular flexibility index (Phi) is 4.81. The van der Waals surface area contributed by atoms with Gasteiger partial charge >= 0.3 is 5.69 Å². The Hall–Kier alpha value is -3.22. The van der Waals surface area contributed by atoms with Crippen LogP contribution < -0.4 is 5.69 Å². The monoisotopic (exact) mass is 380 g/mol. The van der Waals surface area contributed by atoms with Crippen molar-refractivity contribution in [1.29, 1.82) is 0 Å². The number of rotatable bonds is 3. The lowest BCUT2D eigenvalue weighted by atomic mass is 9.95. The maximum Gasteiger partial charge on any atom is 0.348 e. The van der Waals surface area contributed by atoms with Crippen LogP contribution in [0.5, 0.6) is 0 Å². The molecule has 0 bridgehead atoms. The smallest absolute Gasteiger partial charge is 0.339 e. The van der Waals surface area contributed by atoms with Gasteiger partial charge in [-0.05, 0) is 56.2 Å². The molecule has 0 unspecified atom stereocenters. The summed E-state index contributed by atoms with van der Waals surface area (Å²) in [6.45, 7) is 3.22. The van der Waals surface area contributed by atoms with Gasteiger partial charge in [0.2, 0.25) is 0 Å². The Morgan fingerprint density at radius 2 is 1.71 bits per heavy atom. The number of aromatic nitrogens is 3. The largest absolute Gasteiger partial charge is 0.348 e. The predicted octanol–water partition coefficient (Wildman–Crippen LogP) is 3.03. The number of carbonyl (C=O) groups is 1. The summed E-state index contributed by atoms with van der Waals surface area (Å²) < 4.78 is 14.3. The predicted molar refractivity (Wildman–Crippen MR) is 103 cm³/mol. The molecule has 1 saturated heterocycles. The molecule has 3 aromatic rings. The van der Waals surface area contributed by atoms with Crippen LogP contribution in [0, 0.1) is 12.7 Å². The number of halogens is 1. The van der Waals surface area contributed by atoms with Gasteiger partial charge in [-0.15, -0.1) is 5.10 Å². The number of likely N-dealkylation sites (tertiary alicyclic amines) is 1. The summed E-state index contributed by atoms with van der Waals surface area (Å²) in [5.74, 6) is 0.357. The molecule has 1 N–H and O–H groups in total. The van der Waals surface area contributed by atoms with Gasteiger partial charge in [0.05, 0.1) is 5.69 Å². The number of nitrogens with zero attached hydrogens (tertiary/aromatic N) is 3. The average Bonchev–Trinajstić information content (AvgIpc) is 3.10. The number of aryl methyl sites for hydroxylation is 1. The summed E-state index contributed by atoms with van der Waals surface area (Å²) in [5.41, 5.74) is 1.98. The van der Waals surface area contributed by atoms with Gasteiger partial charge in [-0.25, -0.2) is 9.18 Å². The van der Waals surface area contributed by atoms with E-state index in [1.807, 2.05) is 36.1 Å². The van der Waals surface area contributed by atoms with Crippen LogP contribution in [0.25, 0.3) is 5.69 Å². The van der Waals surface area contributed by atoms with Crippen molar-refractivity contribution in [2.75, 3.05) is 13.1 Å². The average molecular weight is 380 g/mol. The lowest BCUT2D eigenvalue weighted by Crippen LogP contribution is -2.38. The van der Waals surface area contributed by atoms with E-state index in [0.29, 0.717) is 30.2 Å². The van der Waals surface area contributed by atoms with Gasteiger partial charge in [0.1, 0.15) is 11.6 Å². The van der Waals surface area contributed by atoms with Crippen LogP contribution in [0.3, 0.4) is 0 Å². The summed E-state index contributed by atoms with van der Waals surface area (Å²) in [7, 11) is 0. The first kappa shape index (κ1) is 18.2. The fourth-order valence-corrected chi connectivity index (χ4v) is 3.52. The number of amides is 1. The number of nitrogens with one attached hydrogen (secondary N) is 1. The highest BCUT2D eigenvalue weighted by Crippen LogP contribution is 2.26. The molecule has 0 radical (unpaired) electrons. The normalized spacial score (nSPS) is 15.0. The maximum atomic E-state index is 13.1. The second-order valence-corrected chi connectivity index (χ2v) is 7.14. The Morgan fingerprint density at radius 1 is 1.07 bits per heavy atom. The number of benzene rings is 2. The van der Waals surface area contributed by atoms with Crippen molar-refractivity contribution >= 4 is 5.91 Å². The summed E-state index contributed by atoms with van der Waals surface area (Å²) in [6, 6.07) is 13.2. The molecule has 144 valence electrons. The standard InChI is InChI=1S/C21H21FN4O2/c1-14-2-4-16(5-3-14)20(27)25-12-10-15(11-13-25)19-23-21(28)26(24-19)18-8-6-17(22)7-9-18/h2-9,15H,10-13H2,1H3,(H,23,24,28). The highest BCUT2D eigenvalue weighted by atomic mass is 19.1. The van der Waals surface area contributed by atoms with Gasteiger partial charge in [0, 0.05) is 24.6 Å². The maximum absolute atomic E-state index is 13.1. The van der Waals surface area contributed by atoms with Crippen LogP contribution in [0.1, 0.15) is 40.5 Å². The van der Waals surface area contributed by atoms with Crippen molar-refractivity contribution in [3.05, 3.63) is 81.8 Å². The van der Waals surface area contributed by atoms with Crippen LogP contribution in [0.15, 0.2) is 53.3 Å². The molecule has 28 heavy (non-hydrogen) atoms. The topological polar surface area (TPSA) is 71.0 Å². The molecular weight excluding hydrogens is 359 g/mol. The number of hydrogen-bond acceptors (Lipinski definition) is 3. The van der Waals surface area contributed by atoms with Gasteiger partial charge in [-0.2, -0.15) is 4.68 Å². The highest BCUT2D eigenvalue weighted by Gasteiger charge is 2.27. The van der Waals surface area contributed by atoms with Gasteiger partial charge in [-0.1, -0.05) is 17.7 Å². The van der Waals surface area contributed by atoms with Gasteiger partial charge in [-0.3, -0.25) is 9.78 Å². The Balaban J connectivity index is 1.45. The third-order valence-electron chi connectivity index (χ3n) is 5.17. The zero-order chi connectivity index (χ0) is 19.7. The Labute approximate surface area is 161 Å². The molecule has 2 aromatic carbocycles. The Bertz CT molecular complexity index is 1030. The Morgan fingerprint density at radius 3 is 2.36 bits per heavy atom. The van der Waals surface area contributed by atoms with Crippen LogP contribution in [0.4, 0.5) is 4.39 Å². The van der Waals surface area contributed by atoms with Crippen molar-refractivity contribution in [2.24, 2.45) is 0 Å². The second kappa shape index (κ2) is 7.42. The van der Waals surface area contributed by atoms with Gasteiger partial charge < -0.3 is 4.90 Å². The summed E-state index contributed by atoms with van der Waals surface area (Å²) in [5, 5.41) is 4.39. The highest BCUT2D eigenvalue weighted by molar-refractivity contribution is 5.94. The van der Waals surface area contributed by atoms with Crippen LogP contribution in [-0.4, -0.2) is 38.7 Å². The number of carbonyl (C=O) groups excluding carboxylic acids is 1. The fraction of sp³-hybridized carbons (Fsp3) is 0.286. The summed E-state index contributed by atoms with van der Waals surface area (Å²) in [4.78, 5) is 29.5. The zero-order valence-electron chi connectivity index (χ0n) is 15.6. The lowest BCUT2D eigenvalue weighted by molar-refractivity contribution is 0.0711. The summed E-state index contributed by atoms with van der Waals surface area (Å²) >= 11 is 0. The van der Waals surface area contributed by atoms with Crippen LogP contribution >= 0.6 is 0 Å². The zero-order valence-corrected chi connectivity index (χ0v) is 15.6.